The summed E-state index contributed by atoms with van der Waals surface area (Å²) in [6.45, 7) is 1.91. The first-order chi connectivity index (χ1) is 9.19. The van der Waals surface area contributed by atoms with Gasteiger partial charge in [-0.25, -0.2) is 4.39 Å². The first kappa shape index (κ1) is 14.8. The third-order valence-electron chi connectivity index (χ3n) is 3.72. The van der Waals surface area contributed by atoms with Crippen molar-refractivity contribution in [2.24, 2.45) is 5.84 Å². The lowest BCUT2D eigenvalue weighted by atomic mass is 10.0. The Balaban J connectivity index is 1.95. The van der Waals surface area contributed by atoms with Gasteiger partial charge in [-0.3, -0.25) is 11.3 Å². The van der Waals surface area contributed by atoms with Crippen molar-refractivity contribution in [2.45, 2.75) is 50.3 Å². The Bertz CT molecular complexity index is 385. The third-order valence-corrected chi connectivity index (χ3v) is 5.19. The molecule has 0 radical (unpaired) electrons. The standard InChI is InChI=1S/C15H23FN2S/c1-11-7-12(9-13(16)8-11)15(18-17)10-19-14-5-3-2-4-6-14/h7-9,14-15,18H,2-6,10,17H2,1H3. The maximum Gasteiger partial charge on any atom is 0.123 e. The topological polar surface area (TPSA) is 38.0 Å². The molecule has 1 aromatic rings. The number of hydrogen-bond donors (Lipinski definition) is 2. The Labute approximate surface area is 119 Å². The molecule has 106 valence electrons. The molecule has 0 heterocycles. The van der Waals surface area contributed by atoms with Crippen LogP contribution < -0.4 is 11.3 Å². The quantitative estimate of drug-likeness (QED) is 0.639. The fourth-order valence-electron chi connectivity index (χ4n) is 2.67. The average molecular weight is 282 g/mol. The molecular weight excluding hydrogens is 259 g/mol. The van der Waals surface area contributed by atoms with Gasteiger partial charge in [0.15, 0.2) is 0 Å². The molecule has 0 saturated heterocycles. The van der Waals surface area contributed by atoms with Crippen LogP contribution in [0.2, 0.25) is 0 Å². The van der Waals surface area contributed by atoms with Crippen LogP contribution in [0.4, 0.5) is 4.39 Å². The Morgan fingerprint density at radius 2 is 2.05 bits per heavy atom. The minimum atomic E-state index is -0.182. The molecule has 0 bridgehead atoms. The van der Waals surface area contributed by atoms with E-state index in [9.17, 15) is 4.39 Å². The van der Waals surface area contributed by atoms with Crippen LogP contribution in [0.15, 0.2) is 18.2 Å². The molecule has 1 unspecified atom stereocenters. The van der Waals surface area contributed by atoms with Gasteiger partial charge in [0, 0.05) is 11.0 Å². The van der Waals surface area contributed by atoms with Gasteiger partial charge in [0.05, 0.1) is 6.04 Å². The second-order valence-corrected chi connectivity index (χ2v) is 6.71. The highest BCUT2D eigenvalue weighted by atomic mass is 32.2. The lowest BCUT2D eigenvalue weighted by Crippen LogP contribution is -2.30. The zero-order valence-corrected chi connectivity index (χ0v) is 12.3. The number of aryl methyl sites for hydroxylation is 1. The Hall–Kier alpha value is -0.580. The van der Waals surface area contributed by atoms with Crippen LogP contribution in [-0.4, -0.2) is 11.0 Å². The van der Waals surface area contributed by atoms with Gasteiger partial charge in [0.2, 0.25) is 0 Å². The number of nitrogens with two attached hydrogens (primary N) is 1. The van der Waals surface area contributed by atoms with Crippen molar-refractivity contribution in [1.82, 2.24) is 5.43 Å². The van der Waals surface area contributed by atoms with E-state index in [0.29, 0.717) is 0 Å². The lowest BCUT2D eigenvalue weighted by molar-refractivity contribution is 0.514. The van der Waals surface area contributed by atoms with E-state index >= 15 is 0 Å². The zero-order valence-electron chi connectivity index (χ0n) is 11.5. The van der Waals surface area contributed by atoms with Gasteiger partial charge >= 0.3 is 0 Å². The SMILES string of the molecule is Cc1cc(F)cc(C(CSC2CCCCC2)NN)c1. The largest absolute Gasteiger partial charge is 0.271 e. The van der Waals surface area contributed by atoms with Crippen LogP contribution in [0.25, 0.3) is 0 Å². The minimum Gasteiger partial charge on any atom is -0.271 e. The maximum atomic E-state index is 13.4. The Morgan fingerprint density at radius 3 is 2.68 bits per heavy atom. The summed E-state index contributed by atoms with van der Waals surface area (Å²) in [6, 6.07) is 5.17. The van der Waals surface area contributed by atoms with E-state index in [4.69, 9.17) is 5.84 Å². The molecule has 1 fully saturated rings. The van der Waals surface area contributed by atoms with Gasteiger partial charge in [-0.2, -0.15) is 11.8 Å². The van der Waals surface area contributed by atoms with Crippen molar-refractivity contribution >= 4 is 11.8 Å². The molecule has 1 aliphatic carbocycles. The molecule has 1 atom stereocenters. The van der Waals surface area contributed by atoms with Crippen molar-refractivity contribution in [3.8, 4) is 0 Å². The summed E-state index contributed by atoms with van der Waals surface area (Å²) in [5.74, 6) is 6.36. The van der Waals surface area contributed by atoms with Crippen LogP contribution >= 0.6 is 11.8 Å². The molecular formula is C15H23FN2S. The second kappa shape index (κ2) is 7.27. The summed E-state index contributed by atoms with van der Waals surface area (Å²) < 4.78 is 13.4. The summed E-state index contributed by atoms with van der Waals surface area (Å²) in [5, 5.41) is 0.749. The molecule has 1 saturated carbocycles. The molecule has 0 spiro atoms. The van der Waals surface area contributed by atoms with Gasteiger partial charge in [0.1, 0.15) is 5.82 Å². The highest BCUT2D eigenvalue weighted by Gasteiger charge is 2.17. The molecule has 19 heavy (non-hydrogen) atoms. The van der Waals surface area contributed by atoms with Crippen LogP contribution in [0.1, 0.15) is 49.3 Å². The predicted octanol–water partition coefficient (Wildman–Crippen LogP) is 3.70. The second-order valence-electron chi connectivity index (χ2n) is 5.37. The molecule has 3 N–H and O–H groups in total. The summed E-state index contributed by atoms with van der Waals surface area (Å²) >= 11 is 1.97. The number of hydrogen-bond acceptors (Lipinski definition) is 3. The molecule has 0 aliphatic heterocycles. The fraction of sp³-hybridized carbons (Fsp3) is 0.600. The lowest BCUT2D eigenvalue weighted by Gasteiger charge is -2.24. The number of nitrogens with one attached hydrogen (secondary N) is 1. The number of halogens is 1. The molecule has 1 aromatic carbocycles. The average Bonchev–Trinajstić information content (AvgIpc) is 2.39. The predicted molar refractivity (Wildman–Crippen MR) is 80.5 cm³/mol. The van der Waals surface area contributed by atoms with E-state index in [1.165, 1.54) is 32.1 Å². The van der Waals surface area contributed by atoms with E-state index in [2.05, 4.69) is 5.43 Å². The summed E-state index contributed by atoms with van der Waals surface area (Å²) in [6.07, 6.45) is 6.68. The molecule has 1 aliphatic rings. The van der Waals surface area contributed by atoms with Gasteiger partial charge in [-0.1, -0.05) is 25.3 Å². The first-order valence-electron chi connectivity index (χ1n) is 7.04. The van der Waals surface area contributed by atoms with Crippen LogP contribution in [-0.2, 0) is 0 Å². The van der Waals surface area contributed by atoms with Crippen molar-refractivity contribution in [2.75, 3.05) is 5.75 Å². The maximum absolute atomic E-state index is 13.4. The number of hydrazine groups is 1. The summed E-state index contributed by atoms with van der Waals surface area (Å²) in [5.41, 5.74) is 4.71. The van der Waals surface area contributed by atoms with Gasteiger partial charge in [-0.05, 0) is 43.0 Å². The number of rotatable bonds is 5. The van der Waals surface area contributed by atoms with E-state index in [1.54, 1.807) is 12.1 Å². The molecule has 2 nitrogen and oxygen atoms in total. The Morgan fingerprint density at radius 1 is 1.32 bits per heavy atom. The Kier molecular flexibility index (Phi) is 5.67. The third kappa shape index (κ3) is 4.48. The summed E-state index contributed by atoms with van der Waals surface area (Å²) in [7, 11) is 0. The van der Waals surface area contributed by atoms with E-state index in [0.717, 1.165) is 22.1 Å². The van der Waals surface area contributed by atoms with Gasteiger partial charge in [-0.15, -0.1) is 0 Å². The van der Waals surface area contributed by atoms with Gasteiger partial charge < -0.3 is 0 Å². The minimum absolute atomic E-state index is 0.0290. The van der Waals surface area contributed by atoms with E-state index < -0.39 is 0 Å². The molecule has 0 aromatic heterocycles. The molecule has 2 rings (SSSR count). The highest BCUT2D eigenvalue weighted by Crippen LogP contribution is 2.31. The van der Waals surface area contributed by atoms with Crippen LogP contribution in [0.5, 0.6) is 0 Å². The fourth-order valence-corrected chi connectivity index (χ4v) is 4.09. The van der Waals surface area contributed by atoms with E-state index in [-0.39, 0.29) is 11.9 Å². The van der Waals surface area contributed by atoms with Crippen molar-refractivity contribution in [3.63, 3.8) is 0 Å². The highest BCUT2D eigenvalue weighted by molar-refractivity contribution is 7.99. The van der Waals surface area contributed by atoms with Crippen LogP contribution in [0.3, 0.4) is 0 Å². The molecule has 0 amide bonds. The van der Waals surface area contributed by atoms with Gasteiger partial charge in [0.25, 0.3) is 0 Å². The number of benzene rings is 1. The van der Waals surface area contributed by atoms with Crippen molar-refractivity contribution in [3.05, 3.63) is 35.1 Å². The van der Waals surface area contributed by atoms with Crippen molar-refractivity contribution < 1.29 is 4.39 Å². The molecule has 4 heteroatoms. The van der Waals surface area contributed by atoms with Crippen LogP contribution in [0, 0.1) is 12.7 Å². The first-order valence-corrected chi connectivity index (χ1v) is 8.08. The smallest absolute Gasteiger partial charge is 0.123 e. The van der Waals surface area contributed by atoms with Crippen molar-refractivity contribution in [1.29, 1.82) is 0 Å². The monoisotopic (exact) mass is 282 g/mol. The number of thioether (sulfide) groups is 1. The zero-order chi connectivity index (χ0) is 13.7. The normalized spacial score (nSPS) is 18.5. The summed E-state index contributed by atoms with van der Waals surface area (Å²) in [4.78, 5) is 0. The van der Waals surface area contributed by atoms with E-state index in [1.807, 2.05) is 24.8 Å².